The Morgan fingerprint density at radius 2 is 2.15 bits per heavy atom. The molecule has 0 unspecified atom stereocenters. The monoisotopic (exact) mass is 367 g/mol. The summed E-state index contributed by atoms with van der Waals surface area (Å²) in [5, 5.41) is 8.85. The number of methoxy groups -OCH3 is 1. The number of ether oxygens (including phenoxy) is 3. The molecule has 0 radical (unpaired) electrons. The molecular weight excluding hydrogens is 342 g/mol. The molecule has 2 rings (SSSR count). The van der Waals surface area contributed by atoms with Crippen LogP contribution in [-0.4, -0.2) is 66.4 Å². The molecule has 2 aliphatic rings. The van der Waals surface area contributed by atoms with Crippen molar-refractivity contribution in [1.29, 1.82) is 0 Å². The number of carbonyl (C=O) groups is 3. The van der Waals surface area contributed by atoms with Crippen molar-refractivity contribution in [2.24, 2.45) is 5.92 Å². The third-order valence-electron chi connectivity index (χ3n) is 4.35. The molecule has 2 amide bonds. The quantitative estimate of drug-likeness (QED) is 0.674. The van der Waals surface area contributed by atoms with E-state index in [1.807, 2.05) is 13.8 Å². The number of hydrogen-bond acceptors (Lipinski definition) is 7. The Hall–Kier alpha value is -2.19. The van der Waals surface area contributed by atoms with Crippen LogP contribution in [0.25, 0.3) is 0 Å². The van der Waals surface area contributed by atoms with E-state index in [0.29, 0.717) is 18.6 Å². The second-order valence-electron chi connectivity index (χ2n) is 6.50. The predicted molar refractivity (Wildman–Crippen MR) is 91.0 cm³/mol. The zero-order chi connectivity index (χ0) is 19.3. The number of imide groups is 1. The largest absolute Gasteiger partial charge is 0.479 e. The first-order valence-electron chi connectivity index (χ1n) is 8.63. The number of ketones is 1. The molecule has 0 bridgehead atoms. The van der Waals surface area contributed by atoms with Crippen molar-refractivity contribution in [3.05, 3.63) is 24.0 Å². The number of nitrogens with zero attached hydrogens (tertiary/aromatic N) is 1. The number of aliphatic hydroxyl groups excluding tert-OH is 1. The Labute approximate surface area is 152 Å². The Morgan fingerprint density at radius 1 is 1.42 bits per heavy atom. The van der Waals surface area contributed by atoms with Gasteiger partial charge in [-0.05, 0) is 37.0 Å². The molecule has 0 spiro atoms. The van der Waals surface area contributed by atoms with Gasteiger partial charge in [0.25, 0.3) is 5.91 Å². The number of allylic oxidation sites excluding steroid dienone is 2. The Kier molecular flexibility index (Phi) is 6.93. The van der Waals surface area contributed by atoms with Crippen molar-refractivity contribution in [1.82, 2.24) is 4.90 Å². The smallest absolute Gasteiger partial charge is 0.417 e. The molecule has 0 aromatic carbocycles. The molecule has 8 heteroatoms. The van der Waals surface area contributed by atoms with Gasteiger partial charge in [-0.25, -0.2) is 9.69 Å². The maximum Gasteiger partial charge on any atom is 0.417 e. The first-order chi connectivity index (χ1) is 12.4. The number of carbonyl (C=O) groups excluding carboxylic acids is 3. The third kappa shape index (κ3) is 4.31. The molecule has 0 aromatic rings. The highest BCUT2D eigenvalue weighted by Crippen LogP contribution is 2.25. The third-order valence-corrected chi connectivity index (χ3v) is 4.35. The van der Waals surface area contributed by atoms with Crippen molar-refractivity contribution in [3.8, 4) is 0 Å². The van der Waals surface area contributed by atoms with Crippen LogP contribution in [0.2, 0.25) is 0 Å². The fourth-order valence-electron chi connectivity index (χ4n) is 2.84. The summed E-state index contributed by atoms with van der Waals surface area (Å²) in [4.78, 5) is 38.2. The molecule has 1 fully saturated rings. The fourth-order valence-corrected chi connectivity index (χ4v) is 2.84. The van der Waals surface area contributed by atoms with E-state index in [9.17, 15) is 14.4 Å². The molecule has 0 aliphatic carbocycles. The van der Waals surface area contributed by atoms with Crippen molar-refractivity contribution >= 4 is 17.8 Å². The lowest BCUT2D eigenvalue weighted by atomic mass is 10.0. The van der Waals surface area contributed by atoms with E-state index in [0.717, 1.165) is 4.90 Å². The van der Waals surface area contributed by atoms with Crippen molar-refractivity contribution < 1.29 is 33.7 Å². The first-order valence-corrected chi connectivity index (χ1v) is 8.63. The van der Waals surface area contributed by atoms with E-state index < -0.39 is 36.0 Å². The van der Waals surface area contributed by atoms with Crippen molar-refractivity contribution in [3.63, 3.8) is 0 Å². The van der Waals surface area contributed by atoms with Gasteiger partial charge in [-0.3, -0.25) is 9.59 Å². The van der Waals surface area contributed by atoms with Crippen molar-refractivity contribution in [2.45, 2.75) is 44.9 Å². The van der Waals surface area contributed by atoms with E-state index >= 15 is 0 Å². The number of cyclic esters (lactones) is 1. The molecule has 1 saturated heterocycles. The second-order valence-corrected chi connectivity index (χ2v) is 6.50. The number of aliphatic hydroxyl groups is 1. The zero-order valence-corrected chi connectivity index (χ0v) is 15.2. The minimum atomic E-state index is -1.26. The van der Waals surface area contributed by atoms with Gasteiger partial charge in [0.2, 0.25) is 0 Å². The van der Waals surface area contributed by atoms with Crippen LogP contribution >= 0.6 is 0 Å². The fraction of sp³-hybridized carbons (Fsp3) is 0.611. The molecule has 0 aromatic heterocycles. The minimum absolute atomic E-state index is 0.000263. The summed E-state index contributed by atoms with van der Waals surface area (Å²) in [6, 6.07) is -0.415. The van der Waals surface area contributed by atoms with Gasteiger partial charge in [-0.15, -0.1) is 0 Å². The molecule has 3 atom stereocenters. The summed E-state index contributed by atoms with van der Waals surface area (Å²) in [6.07, 6.45) is 2.49. The zero-order valence-electron chi connectivity index (χ0n) is 15.2. The maximum absolute atomic E-state index is 12.9. The van der Waals surface area contributed by atoms with Gasteiger partial charge in [0, 0.05) is 13.7 Å². The van der Waals surface area contributed by atoms with Crippen LogP contribution in [0.3, 0.4) is 0 Å². The number of hydrogen-bond donors (Lipinski definition) is 1. The van der Waals surface area contributed by atoms with Crippen LogP contribution in [-0.2, 0) is 23.8 Å². The van der Waals surface area contributed by atoms with E-state index in [2.05, 4.69) is 0 Å². The summed E-state index contributed by atoms with van der Waals surface area (Å²) in [6.45, 7) is 3.91. The lowest BCUT2D eigenvalue weighted by Crippen LogP contribution is -2.53. The van der Waals surface area contributed by atoms with Crippen LogP contribution < -0.4 is 0 Å². The Bertz CT molecular complexity index is 611. The van der Waals surface area contributed by atoms with E-state index in [1.165, 1.54) is 19.3 Å². The van der Waals surface area contributed by atoms with Gasteiger partial charge in [-0.1, -0.05) is 13.8 Å². The normalized spacial score (nSPS) is 25.6. The van der Waals surface area contributed by atoms with Crippen molar-refractivity contribution in [2.75, 3.05) is 20.3 Å². The highest BCUT2D eigenvalue weighted by Gasteiger charge is 2.46. The topological polar surface area (TPSA) is 102 Å². The van der Waals surface area contributed by atoms with Gasteiger partial charge in [0.15, 0.2) is 18.0 Å². The van der Waals surface area contributed by atoms with E-state index in [1.54, 1.807) is 6.08 Å². The summed E-state index contributed by atoms with van der Waals surface area (Å²) >= 11 is 0. The maximum atomic E-state index is 12.9. The van der Waals surface area contributed by atoms with Crippen LogP contribution in [0.15, 0.2) is 24.0 Å². The molecule has 1 N–H and O–H groups in total. The Balaban J connectivity index is 2.19. The average molecular weight is 367 g/mol. The number of amides is 2. The SMILES string of the molecule is CO[C@@H](C(=O)N1C(=O)OC[C@H]1C(C)C)[C@@H]1OC(=CCCCO)C=CC1=O. The molecular formula is C18H25NO7. The number of rotatable bonds is 7. The average Bonchev–Trinajstić information content (AvgIpc) is 3.00. The highest BCUT2D eigenvalue weighted by atomic mass is 16.6. The van der Waals surface area contributed by atoms with Crippen LogP contribution in [0, 0.1) is 5.92 Å². The minimum Gasteiger partial charge on any atom is -0.479 e. The van der Waals surface area contributed by atoms with Crippen LogP contribution in [0.5, 0.6) is 0 Å². The second kappa shape index (κ2) is 8.95. The molecule has 144 valence electrons. The van der Waals surface area contributed by atoms with Gasteiger partial charge in [0.05, 0.1) is 6.04 Å². The van der Waals surface area contributed by atoms with E-state index in [4.69, 9.17) is 19.3 Å². The summed E-state index contributed by atoms with van der Waals surface area (Å²) < 4.78 is 15.9. The summed E-state index contributed by atoms with van der Waals surface area (Å²) in [5.41, 5.74) is 0. The van der Waals surface area contributed by atoms with Crippen LogP contribution in [0.1, 0.15) is 26.7 Å². The predicted octanol–water partition coefficient (Wildman–Crippen LogP) is 1.19. The van der Waals surface area contributed by atoms with E-state index in [-0.39, 0.29) is 19.1 Å². The van der Waals surface area contributed by atoms with Crippen LogP contribution in [0.4, 0.5) is 4.79 Å². The highest BCUT2D eigenvalue weighted by molar-refractivity contribution is 6.03. The number of unbranched alkanes of at least 4 members (excludes halogenated alkanes) is 1. The van der Waals surface area contributed by atoms with Gasteiger partial charge in [0.1, 0.15) is 12.4 Å². The lowest BCUT2D eigenvalue weighted by molar-refractivity contribution is -0.154. The van der Waals surface area contributed by atoms with Gasteiger partial charge < -0.3 is 19.3 Å². The first kappa shape index (κ1) is 20.1. The lowest BCUT2D eigenvalue weighted by Gasteiger charge is -2.31. The molecule has 26 heavy (non-hydrogen) atoms. The molecule has 2 aliphatic heterocycles. The summed E-state index contributed by atoms with van der Waals surface area (Å²) in [5.74, 6) is -0.655. The molecule has 0 saturated carbocycles. The molecule has 2 heterocycles. The van der Waals surface area contributed by atoms with Gasteiger partial charge in [-0.2, -0.15) is 0 Å². The standard InChI is InChI=1S/C18H25NO7/c1-11(2)13-10-25-18(23)19(13)17(22)16(24-3)15-14(21)8-7-12(26-15)6-4-5-9-20/h6-8,11,13,15-16,20H,4-5,9-10H2,1-3H3/t13-,15+,16+/m0/s1. The summed E-state index contributed by atoms with van der Waals surface area (Å²) in [7, 11) is 1.29. The van der Waals surface area contributed by atoms with Gasteiger partial charge >= 0.3 is 6.09 Å². The Morgan fingerprint density at radius 3 is 2.77 bits per heavy atom. The molecule has 8 nitrogen and oxygen atoms in total.